The summed E-state index contributed by atoms with van der Waals surface area (Å²) in [5, 5.41) is 0. The summed E-state index contributed by atoms with van der Waals surface area (Å²) >= 11 is 0. The number of hydrogen-bond donors (Lipinski definition) is 0. The summed E-state index contributed by atoms with van der Waals surface area (Å²) in [6.45, 7) is 2.52. The van der Waals surface area contributed by atoms with Crippen LogP contribution >= 0.6 is 0 Å². The number of hydrogen-bond acceptors (Lipinski definition) is 5. The Labute approximate surface area is 200 Å². The Bertz CT molecular complexity index is 1240. The molecule has 34 heavy (non-hydrogen) atoms. The van der Waals surface area contributed by atoms with Crippen LogP contribution in [0.1, 0.15) is 5.56 Å². The molecule has 5 rings (SSSR count). The highest BCUT2D eigenvalue weighted by Gasteiger charge is 2.39. The van der Waals surface area contributed by atoms with Gasteiger partial charge in [0.25, 0.3) is 5.91 Å². The summed E-state index contributed by atoms with van der Waals surface area (Å²) in [5.41, 5.74) is 2.30. The second-order valence-electron chi connectivity index (χ2n) is 8.50. The molecular weight excluding hydrogens is 450 g/mol. The molecule has 0 aromatic heterocycles. The topological polar surface area (TPSA) is 70.2 Å². The minimum atomic E-state index is -3.72. The van der Waals surface area contributed by atoms with E-state index in [4.69, 9.17) is 4.74 Å². The van der Waals surface area contributed by atoms with Gasteiger partial charge in [0.2, 0.25) is 10.0 Å². The maximum Gasteiger partial charge on any atom is 0.265 e. The average Bonchev–Trinajstić information content (AvgIpc) is 2.88. The number of sulfonamides is 1. The van der Waals surface area contributed by atoms with Gasteiger partial charge in [0.1, 0.15) is 5.75 Å². The Hall–Kier alpha value is -3.52. The third-order valence-electron chi connectivity index (χ3n) is 6.25. The van der Waals surface area contributed by atoms with Crippen molar-refractivity contribution in [3.05, 3.63) is 90.5 Å². The van der Waals surface area contributed by atoms with Crippen molar-refractivity contribution in [3.63, 3.8) is 0 Å². The predicted octanol–water partition coefficient (Wildman–Crippen LogP) is 3.13. The first kappa shape index (κ1) is 22.3. The van der Waals surface area contributed by atoms with Crippen molar-refractivity contribution in [2.75, 3.05) is 41.9 Å². The molecule has 0 bridgehead atoms. The maximum atomic E-state index is 13.4. The predicted molar refractivity (Wildman–Crippen MR) is 133 cm³/mol. The highest BCUT2D eigenvalue weighted by atomic mass is 32.2. The van der Waals surface area contributed by atoms with Crippen molar-refractivity contribution in [3.8, 4) is 5.75 Å². The standard InChI is InChI=1S/C26H27N3O4S/c30-26(28-17-15-27(16-18-28)22-11-5-2-6-12-22)25-19-29(23-13-7-8-14-24(23)33-25)34(31,32)20-21-9-3-1-4-10-21/h1-14,25H,15-20H2. The van der Waals surface area contributed by atoms with Crippen molar-refractivity contribution in [2.24, 2.45) is 0 Å². The van der Waals surface area contributed by atoms with E-state index in [1.54, 1.807) is 41.3 Å². The number of piperazine rings is 1. The monoisotopic (exact) mass is 477 g/mol. The first-order chi connectivity index (χ1) is 16.5. The number of benzene rings is 3. The minimum absolute atomic E-state index is 0.0378. The van der Waals surface area contributed by atoms with Gasteiger partial charge in [-0.15, -0.1) is 0 Å². The van der Waals surface area contributed by atoms with Crippen LogP contribution in [0, 0.1) is 0 Å². The van der Waals surface area contributed by atoms with E-state index in [2.05, 4.69) is 17.0 Å². The number of nitrogens with zero attached hydrogens (tertiary/aromatic N) is 3. The first-order valence-corrected chi connectivity index (χ1v) is 13.0. The maximum absolute atomic E-state index is 13.4. The number of anilines is 2. The largest absolute Gasteiger partial charge is 0.476 e. The molecule has 2 aliphatic heterocycles. The number of ether oxygens (including phenoxy) is 1. The molecule has 8 heteroatoms. The lowest BCUT2D eigenvalue weighted by atomic mass is 10.2. The molecule has 1 unspecified atom stereocenters. The van der Waals surface area contributed by atoms with Gasteiger partial charge in [-0.1, -0.05) is 60.7 Å². The van der Waals surface area contributed by atoms with Crippen molar-refractivity contribution in [1.29, 1.82) is 0 Å². The Kier molecular flexibility index (Phi) is 6.15. The Morgan fingerprint density at radius 1 is 0.824 bits per heavy atom. The molecule has 0 aliphatic carbocycles. The molecule has 0 radical (unpaired) electrons. The third-order valence-corrected chi connectivity index (χ3v) is 7.97. The molecular formula is C26H27N3O4S. The van der Waals surface area contributed by atoms with Crippen LogP contribution in [-0.2, 0) is 20.6 Å². The van der Waals surface area contributed by atoms with Crippen molar-refractivity contribution < 1.29 is 17.9 Å². The number of carbonyl (C=O) groups excluding carboxylic acids is 1. The summed E-state index contributed by atoms with van der Waals surface area (Å²) < 4.78 is 34.2. The number of carbonyl (C=O) groups is 1. The fraction of sp³-hybridized carbons (Fsp3) is 0.269. The third kappa shape index (κ3) is 4.59. The number of amides is 1. The van der Waals surface area contributed by atoms with E-state index in [1.807, 2.05) is 36.4 Å². The van der Waals surface area contributed by atoms with Gasteiger partial charge < -0.3 is 14.5 Å². The van der Waals surface area contributed by atoms with E-state index in [0.717, 1.165) is 18.8 Å². The van der Waals surface area contributed by atoms with E-state index in [9.17, 15) is 13.2 Å². The van der Waals surface area contributed by atoms with E-state index in [-0.39, 0.29) is 18.2 Å². The second-order valence-corrected chi connectivity index (χ2v) is 10.4. The van der Waals surface area contributed by atoms with E-state index < -0.39 is 16.1 Å². The van der Waals surface area contributed by atoms with Crippen LogP contribution in [-0.4, -0.2) is 58.1 Å². The highest BCUT2D eigenvalue weighted by Crippen LogP contribution is 2.36. The average molecular weight is 478 g/mol. The van der Waals surface area contributed by atoms with Crippen LogP contribution in [0.4, 0.5) is 11.4 Å². The summed E-state index contributed by atoms with van der Waals surface area (Å²) in [7, 11) is -3.72. The molecule has 1 saturated heterocycles. The highest BCUT2D eigenvalue weighted by molar-refractivity contribution is 7.92. The molecule has 7 nitrogen and oxygen atoms in total. The van der Waals surface area contributed by atoms with Gasteiger partial charge >= 0.3 is 0 Å². The lowest BCUT2D eigenvalue weighted by Crippen LogP contribution is -2.56. The summed E-state index contributed by atoms with van der Waals surface area (Å²) in [5.74, 6) is 0.0903. The van der Waals surface area contributed by atoms with Crippen LogP contribution in [0.3, 0.4) is 0 Å². The second kappa shape index (κ2) is 9.38. The number of rotatable bonds is 5. The number of para-hydroxylation sites is 3. The normalized spacial score (nSPS) is 18.2. The van der Waals surface area contributed by atoms with Gasteiger partial charge in [0.15, 0.2) is 6.10 Å². The van der Waals surface area contributed by atoms with Crippen LogP contribution in [0.2, 0.25) is 0 Å². The minimum Gasteiger partial charge on any atom is -0.476 e. The lowest BCUT2D eigenvalue weighted by molar-refractivity contribution is -0.138. The van der Waals surface area contributed by atoms with Crippen molar-refractivity contribution in [2.45, 2.75) is 11.9 Å². The van der Waals surface area contributed by atoms with Crippen LogP contribution < -0.4 is 13.9 Å². The number of fused-ring (bicyclic) bond motifs is 1. The zero-order chi connectivity index (χ0) is 23.5. The lowest BCUT2D eigenvalue weighted by Gasteiger charge is -2.40. The van der Waals surface area contributed by atoms with Gasteiger partial charge in [0.05, 0.1) is 18.0 Å². The smallest absolute Gasteiger partial charge is 0.265 e. The molecule has 3 aromatic rings. The van der Waals surface area contributed by atoms with Crippen LogP contribution in [0.25, 0.3) is 0 Å². The van der Waals surface area contributed by atoms with Gasteiger partial charge in [-0.25, -0.2) is 8.42 Å². The molecule has 1 amide bonds. The van der Waals surface area contributed by atoms with Gasteiger partial charge in [-0.05, 0) is 29.8 Å². The molecule has 1 atom stereocenters. The molecule has 3 aromatic carbocycles. The summed E-state index contributed by atoms with van der Waals surface area (Å²) in [6, 6.07) is 26.2. The quantitative estimate of drug-likeness (QED) is 0.565. The van der Waals surface area contributed by atoms with Crippen molar-refractivity contribution in [1.82, 2.24) is 4.90 Å². The molecule has 0 saturated carbocycles. The Morgan fingerprint density at radius 2 is 1.44 bits per heavy atom. The fourth-order valence-corrected chi connectivity index (χ4v) is 6.07. The summed E-state index contributed by atoms with van der Waals surface area (Å²) in [4.78, 5) is 17.4. The molecule has 1 fully saturated rings. The zero-order valence-electron chi connectivity index (χ0n) is 18.8. The molecule has 0 spiro atoms. The Morgan fingerprint density at radius 3 is 2.15 bits per heavy atom. The van der Waals surface area contributed by atoms with E-state index in [0.29, 0.717) is 30.1 Å². The zero-order valence-corrected chi connectivity index (χ0v) is 19.6. The van der Waals surface area contributed by atoms with Crippen LogP contribution in [0.5, 0.6) is 5.75 Å². The SMILES string of the molecule is O=C(C1CN(S(=O)(=O)Cc2ccccc2)c2ccccc2O1)N1CCN(c2ccccc2)CC1. The fourth-order valence-electron chi connectivity index (χ4n) is 4.48. The first-order valence-electron chi connectivity index (χ1n) is 11.4. The molecule has 0 N–H and O–H groups in total. The van der Waals surface area contributed by atoms with Gasteiger partial charge in [-0.3, -0.25) is 9.10 Å². The summed E-state index contributed by atoms with van der Waals surface area (Å²) in [6.07, 6.45) is -0.885. The van der Waals surface area contributed by atoms with Gasteiger partial charge in [0, 0.05) is 31.9 Å². The van der Waals surface area contributed by atoms with Crippen molar-refractivity contribution >= 4 is 27.3 Å². The van der Waals surface area contributed by atoms with E-state index in [1.165, 1.54) is 4.31 Å². The van der Waals surface area contributed by atoms with Crippen LogP contribution in [0.15, 0.2) is 84.9 Å². The molecule has 2 heterocycles. The molecule has 176 valence electrons. The van der Waals surface area contributed by atoms with E-state index >= 15 is 0 Å². The Balaban J connectivity index is 1.33. The van der Waals surface area contributed by atoms with Gasteiger partial charge in [-0.2, -0.15) is 0 Å². The molecule has 2 aliphatic rings.